The molecule has 1 rings (SSSR count). The minimum Gasteiger partial charge on any atom is -0.352 e. The van der Waals surface area contributed by atoms with Crippen molar-refractivity contribution in [2.75, 3.05) is 13.1 Å². The van der Waals surface area contributed by atoms with Crippen LogP contribution in [0.5, 0.6) is 0 Å². The van der Waals surface area contributed by atoms with E-state index in [4.69, 9.17) is 0 Å². The maximum Gasteiger partial charge on any atom is 0.459 e. The number of alkyl halides is 3. The molecule has 0 aromatic carbocycles. The molecule has 0 aromatic rings. The molecular weight excluding hydrogens is 197 g/mol. The van der Waals surface area contributed by atoms with Gasteiger partial charge < -0.3 is 5.32 Å². The molecular formula is C8H13F3N2O. The molecule has 0 aromatic heterocycles. The van der Waals surface area contributed by atoms with Crippen molar-refractivity contribution in [2.45, 2.75) is 32.1 Å². The average molecular weight is 210 g/mol. The summed E-state index contributed by atoms with van der Waals surface area (Å²) in [5, 5.41) is 2.50. The Hall–Kier alpha value is -0.780. The van der Waals surface area contributed by atoms with Gasteiger partial charge in [0.1, 0.15) is 0 Å². The van der Waals surface area contributed by atoms with Crippen molar-refractivity contribution >= 4 is 5.91 Å². The summed E-state index contributed by atoms with van der Waals surface area (Å²) < 4.78 is 36.8. The van der Waals surface area contributed by atoms with E-state index in [9.17, 15) is 18.0 Å². The molecule has 0 aliphatic carbocycles. The summed E-state index contributed by atoms with van der Waals surface area (Å²) in [6, 6.07) is -0.372. The zero-order chi connectivity index (χ0) is 10.8. The van der Waals surface area contributed by atoms with E-state index in [1.165, 1.54) is 6.92 Å². The van der Waals surface area contributed by atoms with Crippen molar-refractivity contribution in [1.29, 1.82) is 0 Å². The number of likely N-dealkylation sites (tertiary alicyclic amines) is 1. The Morgan fingerprint density at radius 2 is 2.14 bits per heavy atom. The first kappa shape index (κ1) is 11.3. The Morgan fingerprint density at radius 3 is 2.64 bits per heavy atom. The number of carbonyl (C=O) groups excluding carboxylic acids is 1. The van der Waals surface area contributed by atoms with Gasteiger partial charge in [0.2, 0.25) is 5.91 Å². The van der Waals surface area contributed by atoms with Gasteiger partial charge in [-0.1, -0.05) is 0 Å². The molecule has 1 aliphatic rings. The summed E-state index contributed by atoms with van der Waals surface area (Å²) >= 11 is 0. The second-order valence-electron chi connectivity index (χ2n) is 3.45. The number of hydrogen-bond acceptors (Lipinski definition) is 2. The van der Waals surface area contributed by atoms with Crippen LogP contribution in [0.4, 0.5) is 13.2 Å². The lowest BCUT2D eigenvalue weighted by Crippen LogP contribution is -2.51. The van der Waals surface area contributed by atoms with Crippen LogP contribution in [0.25, 0.3) is 0 Å². The lowest BCUT2D eigenvalue weighted by Gasteiger charge is -2.33. The first-order valence-corrected chi connectivity index (χ1v) is 4.48. The fourth-order valence-electron chi connectivity index (χ4n) is 1.61. The van der Waals surface area contributed by atoms with E-state index in [0.29, 0.717) is 17.7 Å². The molecule has 1 saturated heterocycles. The lowest BCUT2D eigenvalue weighted by atomic mass is 10.1. The van der Waals surface area contributed by atoms with Crippen LogP contribution in [0.2, 0.25) is 0 Å². The fraction of sp³-hybridized carbons (Fsp3) is 0.875. The molecule has 6 heteroatoms. The van der Waals surface area contributed by atoms with Crippen LogP contribution in [-0.4, -0.2) is 36.2 Å². The average Bonchev–Trinajstić information content (AvgIpc) is 2.01. The van der Waals surface area contributed by atoms with E-state index >= 15 is 0 Å². The molecule has 1 heterocycles. The van der Waals surface area contributed by atoms with Crippen molar-refractivity contribution in [2.24, 2.45) is 0 Å². The van der Waals surface area contributed by atoms with Crippen molar-refractivity contribution in [3.05, 3.63) is 0 Å². The van der Waals surface area contributed by atoms with Gasteiger partial charge in [-0.25, -0.2) is 4.90 Å². The smallest absolute Gasteiger partial charge is 0.352 e. The van der Waals surface area contributed by atoms with Gasteiger partial charge in [0.05, 0.1) is 0 Å². The van der Waals surface area contributed by atoms with E-state index in [1.54, 1.807) is 0 Å². The topological polar surface area (TPSA) is 32.3 Å². The Bertz CT molecular complexity index is 217. The number of carbonyl (C=O) groups is 1. The van der Waals surface area contributed by atoms with Crippen molar-refractivity contribution in [3.8, 4) is 0 Å². The molecule has 0 unspecified atom stereocenters. The molecule has 0 saturated carbocycles. The number of halogens is 3. The van der Waals surface area contributed by atoms with Gasteiger partial charge >= 0.3 is 6.30 Å². The number of rotatable bonds is 1. The van der Waals surface area contributed by atoms with Crippen LogP contribution in [0, 0.1) is 0 Å². The van der Waals surface area contributed by atoms with E-state index in [2.05, 4.69) is 5.32 Å². The number of piperidine rings is 1. The number of nitrogens with one attached hydrogen (secondary N) is 1. The second kappa shape index (κ2) is 4.16. The largest absolute Gasteiger partial charge is 0.459 e. The molecule has 1 aliphatic heterocycles. The van der Waals surface area contributed by atoms with Gasteiger partial charge in [-0.3, -0.25) is 4.79 Å². The molecule has 1 amide bonds. The van der Waals surface area contributed by atoms with Gasteiger partial charge in [-0.15, -0.1) is 0 Å². The third kappa shape index (κ3) is 3.17. The highest BCUT2D eigenvalue weighted by atomic mass is 19.4. The minimum atomic E-state index is -4.28. The van der Waals surface area contributed by atoms with Gasteiger partial charge in [-0.05, 0) is 12.8 Å². The maximum atomic E-state index is 12.3. The van der Waals surface area contributed by atoms with Gasteiger partial charge in [0, 0.05) is 26.1 Å². The Balaban J connectivity index is 2.48. The second-order valence-corrected chi connectivity index (χ2v) is 3.45. The quantitative estimate of drug-likeness (QED) is 0.657. The zero-order valence-electron chi connectivity index (χ0n) is 7.90. The summed E-state index contributed by atoms with van der Waals surface area (Å²) in [4.78, 5) is 11.1. The van der Waals surface area contributed by atoms with E-state index < -0.39 is 6.30 Å². The highest BCUT2D eigenvalue weighted by Gasteiger charge is 2.39. The molecule has 1 atom stereocenters. The molecule has 14 heavy (non-hydrogen) atoms. The molecule has 0 bridgehead atoms. The van der Waals surface area contributed by atoms with E-state index in [-0.39, 0.29) is 25.0 Å². The Labute approximate surface area is 80.3 Å². The number of nitrogens with zero attached hydrogens (tertiary/aromatic N) is 1. The summed E-state index contributed by atoms with van der Waals surface area (Å²) in [5.74, 6) is -0.279. The fourth-order valence-corrected chi connectivity index (χ4v) is 1.61. The van der Waals surface area contributed by atoms with Crippen LogP contribution in [-0.2, 0) is 4.79 Å². The van der Waals surface area contributed by atoms with Gasteiger partial charge in [0.25, 0.3) is 0 Å². The van der Waals surface area contributed by atoms with Crippen molar-refractivity contribution in [3.63, 3.8) is 0 Å². The standard InChI is InChI=1S/C8H13F3N2O/c1-6(14)12-7-3-2-4-13(5-7)8(9,10)11/h7H,2-5H2,1H3,(H,12,14)/t7-/m1/s1. The zero-order valence-corrected chi connectivity index (χ0v) is 7.90. The third-order valence-electron chi connectivity index (χ3n) is 2.19. The predicted octanol–water partition coefficient (Wildman–Crippen LogP) is 1.11. The predicted molar refractivity (Wildman–Crippen MR) is 44.5 cm³/mol. The Kier molecular flexibility index (Phi) is 3.36. The Morgan fingerprint density at radius 1 is 1.50 bits per heavy atom. The summed E-state index contributed by atoms with van der Waals surface area (Å²) in [5.41, 5.74) is 0. The van der Waals surface area contributed by atoms with Crippen LogP contribution >= 0.6 is 0 Å². The molecule has 0 radical (unpaired) electrons. The normalized spacial score (nSPS) is 24.7. The highest BCUT2D eigenvalue weighted by Crippen LogP contribution is 2.25. The first-order valence-electron chi connectivity index (χ1n) is 4.48. The number of amides is 1. The monoisotopic (exact) mass is 210 g/mol. The van der Waals surface area contributed by atoms with Crippen molar-refractivity contribution < 1.29 is 18.0 Å². The first-order chi connectivity index (χ1) is 6.39. The summed E-state index contributed by atoms with van der Waals surface area (Å²) in [7, 11) is 0. The lowest BCUT2D eigenvalue weighted by molar-refractivity contribution is -0.251. The van der Waals surface area contributed by atoms with Crippen LogP contribution in [0.15, 0.2) is 0 Å². The molecule has 3 nitrogen and oxygen atoms in total. The van der Waals surface area contributed by atoms with Gasteiger partial charge in [0.15, 0.2) is 0 Å². The van der Waals surface area contributed by atoms with Crippen LogP contribution in [0.3, 0.4) is 0 Å². The molecule has 1 N–H and O–H groups in total. The van der Waals surface area contributed by atoms with Crippen LogP contribution < -0.4 is 5.32 Å². The summed E-state index contributed by atoms with van der Waals surface area (Å²) in [6.07, 6.45) is -3.20. The summed E-state index contributed by atoms with van der Waals surface area (Å²) in [6.45, 7) is 1.20. The molecule has 82 valence electrons. The highest BCUT2D eigenvalue weighted by molar-refractivity contribution is 5.73. The minimum absolute atomic E-state index is 0.0274. The molecule has 0 spiro atoms. The third-order valence-corrected chi connectivity index (χ3v) is 2.19. The van der Waals surface area contributed by atoms with Crippen molar-refractivity contribution in [1.82, 2.24) is 10.2 Å². The molecule has 1 fully saturated rings. The van der Waals surface area contributed by atoms with Crippen LogP contribution in [0.1, 0.15) is 19.8 Å². The maximum absolute atomic E-state index is 12.3. The van der Waals surface area contributed by atoms with E-state index in [0.717, 1.165) is 0 Å². The van der Waals surface area contributed by atoms with Gasteiger partial charge in [-0.2, -0.15) is 13.2 Å². The number of hydrogen-bond donors (Lipinski definition) is 1. The van der Waals surface area contributed by atoms with E-state index in [1.807, 2.05) is 0 Å². The SMILES string of the molecule is CC(=O)N[C@@H]1CCCN(C(F)(F)F)C1.